The molecule has 0 spiro atoms. The van der Waals surface area contributed by atoms with Gasteiger partial charge in [-0.25, -0.2) is 8.78 Å². The Kier molecular flexibility index (Phi) is 4.47. The summed E-state index contributed by atoms with van der Waals surface area (Å²) in [6.07, 6.45) is 2.16. The molecule has 1 fully saturated rings. The molecule has 1 aromatic rings. The average molecular weight is 268 g/mol. The molecule has 3 nitrogen and oxygen atoms in total. The quantitative estimate of drug-likeness (QED) is 0.908. The van der Waals surface area contributed by atoms with E-state index in [1.54, 1.807) is 6.07 Å². The van der Waals surface area contributed by atoms with E-state index < -0.39 is 11.6 Å². The van der Waals surface area contributed by atoms with Gasteiger partial charge in [0.25, 0.3) is 0 Å². The Labute approximate surface area is 111 Å². The molecule has 0 aliphatic carbocycles. The number of halogens is 2. The second-order valence-electron chi connectivity index (χ2n) is 5.01. The highest BCUT2D eigenvalue weighted by Gasteiger charge is 2.21. The number of carbonyl (C=O) groups excluding carboxylic acids is 1. The van der Waals surface area contributed by atoms with E-state index in [1.165, 1.54) is 12.1 Å². The van der Waals surface area contributed by atoms with Crippen LogP contribution in [-0.4, -0.2) is 30.4 Å². The number of hydrogen-bond acceptors (Lipinski definition) is 2. The SMILES string of the molecule is NC(=O)CCN1CCC(c2ccc(F)c(F)c2)CC1. The summed E-state index contributed by atoms with van der Waals surface area (Å²) in [6.45, 7) is 2.40. The fourth-order valence-corrected chi connectivity index (χ4v) is 2.52. The van der Waals surface area contributed by atoms with Gasteiger partial charge in [-0.2, -0.15) is 0 Å². The number of benzene rings is 1. The van der Waals surface area contributed by atoms with Crippen LogP contribution < -0.4 is 5.73 Å². The number of primary amides is 1. The van der Waals surface area contributed by atoms with Gasteiger partial charge in [-0.15, -0.1) is 0 Å². The standard InChI is InChI=1S/C14H18F2N2O/c15-12-2-1-11(9-13(12)16)10-3-6-18(7-4-10)8-5-14(17)19/h1-2,9-10H,3-8H2,(H2,17,19). The number of rotatable bonds is 4. The predicted molar refractivity (Wildman–Crippen MR) is 68.6 cm³/mol. The maximum absolute atomic E-state index is 13.2. The summed E-state index contributed by atoms with van der Waals surface area (Å²) in [6, 6.07) is 4.13. The van der Waals surface area contributed by atoms with Crippen LogP contribution >= 0.6 is 0 Å². The number of carbonyl (C=O) groups is 1. The van der Waals surface area contributed by atoms with Gasteiger partial charge in [0.1, 0.15) is 0 Å². The van der Waals surface area contributed by atoms with Crippen LogP contribution in [0.3, 0.4) is 0 Å². The molecule has 0 unspecified atom stereocenters. The average Bonchev–Trinajstić information content (AvgIpc) is 2.40. The van der Waals surface area contributed by atoms with Crippen molar-refractivity contribution < 1.29 is 13.6 Å². The lowest BCUT2D eigenvalue weighted by molar-refractivity contribution is -0.118. The van der Waals surface area contributed by atoms with Crippen molar-refractivity contribution in [1.29, 1.82) is 0 Å². The van der Waals surface area contributed by atoms with Crippen LogP contribution in [0, 0.1) is 11.6 Å². The van der Waals surface area contributed by atoms with Crippen LogP contribution in [-0.2, 0) is 4.79 Å². The highest BCUT2D eigenvalue weighted by molar-refractivity contribution is 5.73. The van der Waals surface area contributed by atoms with Crippen LogP contribution in [0.2, 0.25) is 0 Å². The van der Waals surface area contributed by atoms with Crippen LogP contribution in [0.5, 0.6) is 0 Å². The van der Waals surface area contributed by atoms with Crippen molar-refractivity contribution >= 4 is 5.91 Å². The molecule has 1 aliphatic rings. The van der Waals surface area contributed by atoms with Crippen molar-refractivity contribution in [3.8, 4) is 0 Å². The first kappa shape index (κ1) is 13.9. The second kappa shape index (κ2) is 6.10. The zero-order valence-corrected chi connectivity index (χ0v) is 10.7. The molecule has 104 valence electrons. The minimum absolute atomic E-state index is 0.264. The molecule has 0 radical (unpaired) electrons. The molecule has 1 aliphatic heterocycles. The van der Waals surface area contributed by atoms with Crippen LogP contribution in [0.15, 0.2) is 18.2 Å². The molecule has 1 saturated heterocycles. The molecule has 1 aromatic carbocycles. The fourth-order valence-electron chi connectivity index (χ4n) is 2.52. The smallest absolute Gasteiger partial charge is 0.218 e. The van der Waals surface area contributed by atoms with Gasteiger partial charge < -0.3 is 10.6 Å². The summed E-state index contributed by atoms with van der Waals surface area (Å²) in [5.41, 5.74) is 5.97. The van der Waals surface area contributed by atoms with Gasteiger partial charge in [0, 0.05) is 13.0 Å². The largest absolute Gasteiger partial charge is 0.370 e. The van der Waals surface area contributed by atoms with E-state index in [0.29, 0.717) is 13.0 Å². The van der Waals surface area contributed by atoms with Crippen molar-refractivity contribution in [1.82, 2.24) is 4.90 Å². The Balaban J connectivity index is 1.88. The third-order valence-corrected chi connectivity index (χ3v) is 3.68. The Bertz CT molecular complexity index is 457. The number of piperidine rings is 1. The fraction of sp³-hybridized carbons (Fsp3) is 0.500. The van der Waals surface area contributed by atoms with Gasteiger partial charge in [0.2, 0.25) is 5.91 Å². The summed E-state index contributed by atoms with van der Waals surface area (Å²) in [4.78, 5) is 12.9. The molecule has 19 heavy (non-hydrogen) atoms. The molecule has 0 aromatic heterocycles. The van der Waals surface area contributed by atoms with Crippen molar-refractivity contribution in [2.24, 2.45) is 5.73 Å². The van der Waals surface area contributed by atoms with E-state index in [-0.39, 0.29) is 11.8 Å². The third-order valence-electron chi connectivity index (χ3n) is 3.68. The molecule has 1 heterocycles. The van der Waals surface area contributed by atoms with Crippen molar-refractivity contribution in [2.75, 3.05) is 19.6 Å². The normalized spacial score (nSPS) is 17.6. The molecular weight excluding hydrogens is 250 g/mol. The molecule has 0 bridgehead atoms. The van der Waals surface area contributed by atoms with Gasteiger partial charge in [-0.05, 0) is 49.5 Å². The zero-order valence-electron chi connectivity index (χ0n) is 10.7. The minimum Gasteiger partial charge on any atom is -0.370 e. The number of amides is 1. The second-order valence-corrected chi connectivity index (χ2v) is 5.01. The number of likely N-dealkylation sites (tertiary alicyclic amines) is 1. The summed E-state index contributed by atoms with van der Waals surface area (Å²) in [5, 5.41) is 0. The van der Waals surface area contributed by atoms with Gasteiger partial charge >= 0.3 is 0 Å². The summed E-state index contributed by atoms with van der Waals surface area (Å²) >= 11 is 0. The monoisotopic (exact) mass is 268 g/mol. The number of nitrogens with two attached hydrogens (primary N) is 1. The summed E-state index contributed by atoms with van der Waals surface area (Å²) in [7, 11) is 0. The van der Waals surface area contributed by atoms with Gasteiger partial charge in [-0.1, -0.05) is 6.07 Å². The predicted octanol–water partition coefficient (Wildman–Crippen LogP) is 2.02. The van der Waals surface area contributed by atoms with Crippen LogP contribution in [0.4, 0.5) is 8.78 Å². The first-order valence-electron chi connectivity index (χ1n) is 6.52. The summed E-state index contributed by atoms with van der Waals surface area (Å²) < 4.78 is 26.1. The first-order chi connectivity index (χ1) is 9.06. The molecule has 2 N–H and O–H groups in total. The van der Waals surface area contributed by atoms with Gasteiger partial charge in [0.15, 0.2) is 11.6 Å². The summed E-state index contributed by atoms with van der Waals surface area (Å²) in [5.74, 6) is -1.61. The van der Waals surface area contributed by atoms with Crippen LogP contribution in [0.1, 0.15) is 30.7 Å². The molecule has 2 rings (SSSR count). The maximum Gasteiger partial charge on any atom is 0.218 e. The van der Waals surface area contributed by atoms with E-state index in [9.17, 15) is 13.6 Å². The lowest BCUT2D eigenvalue weighted by Crippen LogP contribution is -2.35. The lowest BCUT2D eigenvalue weighted by Gasteiger charge is -2.31. The Morgan fingerprint density at radius 2 is 1.95 bits per heavy atom. The third kappa shape index (κ3) is 3.73. The van der Waals surface area contributed by atoms with E-state index >= 15 is 0 Å². The lowest BCUT2D eigenvalue weighted by atomic mass is 9.89. The minimum atomic E-state index is -0.803. The highest BCUT2D eigenvalue weighted by atomic mass is 19.2. The van der Waals surface area contributed by atoms with E-state index in [2.05, 4.69) is 4.90 Å². The van der Waals surface area contributed by atoms with E-state index in [0.717, 1.165) is 31.5 Å². The van der Waals surface area contributed by atoms with Gasteiger partial charge in [-0.3, -0.25) is 4.79 Å². The zero-order chi connectivity index (χ0) is 13.8. The topological polar surface area (TPSA) is 46.3 Å². The van der Waals surface area contributed by atoms with Gasteiger partial charge in [0.05, 0.1) is 0 Å². The Hall–Kier alpha value is -1.49. The molecule has 1 amide bonds. The molecule has 5 heteroatoms. The highest BCUT2D eigenvalue weighted by Crippen LogP contribution is 2.28. The van der Waals surface area contributed by atoms with Crippen molar-refractivity contribution in [3.63, 3.8) is 0 Å². The van der Waals surface area contributed by atoms with Crippen LogP contribution in [0.25, 0.3) is 0 Å². The van der Waals surface area contributed by atoms with E-state index in [4.69, 9.17) is 5.73 Å². The van der Waals surface area contributed by atoms with E-state index in [1.807, 2.05) is 0 Å². The molecule has 0 saturated carbocycles. The Morgan fingerprint density at radius 1 is 1.26 bits per heavy atom. The number of nitrogens with zero attached hydrogens (tertiary/aromatic N) is 1. The first-order valence-corrected chi connectivity index (χ1v) is 6.52. The molecular formula is C14H18F2N2O. The Morgan fingerprint density at radius 3 is 2.53 bits per heavy atom. The molecule has 0 atom stereocenters. The van der Waals surface area contributed by atoms with Crippen molar-refractivity contribution in [2.45, 2.75) is 25.2 Å². The maximum atomic E-state index is 13.2. The number of hydrogen-bond donors (Lipinski definition) is 1. The van der Waals surface area contributed by atoms with Crippen molar-refractivity contribution in [3.05, 3.63) is 35.4 Å².